The Bertz CT molecular complexity index is 385. The van der Waals surface area contributed by atoms with E-state index in [4.69, 9.17) is 9.84 Å². The fourth-order valence-corrected chi connectivity index (χ4v) is 0.910. The van der Waals surface area contributed by atoms with Crippen molar-refractivity contribution in [3.8, 4) is 17.6 Å². The molecule has 0 amide bonds. The van der Waals surface area contributed by atoms with Crippen LogP contribution >= 0.6 is 0 Å². The van der Waals surface area contributed by atoms with Gasteiger partial charge in [0.15, 0.2) is 0 Å². The van der Waals surface area contributed by atoms with Crippen LogP contribution in [0.5, 0.6) is 5.75 Å². The van der Waals surface area contributed by atoms with Crippen LogP contribution in [0.2, 0.25) is 0 Å². The summed E-state index contributed by atoms with van der Waals surface area (Å²) >= 11 is 0. The van der Waals surface area contributed by atoms with Gasteiger partial charge >= 0.3 is 5.97 Å². The Kier molecular flexibility index (Phi) is 3.57. The second kappa shape index (κ2) is 4.93. The SMILES string of the molecule is CC#CCOc1cccc(C(=O)O)c1. The van der Waals surface area contributed by atoms with E-state index in [0.717, 1.165) is 0 Å². The normalized spacial score (nSPS) is 8.64. The summed E-state index contributed by atoms with van der Waals surface area (Å²) in [6.07, 6.45) is 0. The first-order valence-corrected chi connectivity index (χ1v) is 4.10. The van der Waals surface area contributed by atoms with Gasteiger partial charge in [-0.15, -0.1) is 5.92 Å². The van der Waals surface area contributed by atoms with Crippen LogP contribution in [0.15, 0.2) is 24.3 Å². The molecular weight excluding hydrogens is 180 g/mol. The number of rotatable bonds is 3. The Morgan fingerprint density at radius 1 is 1.57 bits per heavy atom. The maximum atomic E-state index is 10.6. The third-order valence-corrected chi connectivity index (χ3v) is 1.57. The van der Waals surface area contributed by atoms with Crippen molar-refractivity contribution in [2.24, 2.45) is 0 Å². The van der Waals surface area contributed by atoms with Gasteiger partial charge in [0.05, 0.1) is 5.56 Å². The van der Waals surface area contributed by atoms with Crippen LogP contribution in [0.25, 0.3) is 0 Å². The molecule has 1 aromatic rings. The van der Waals surface area contributed by atoms with Crippen molar-refractivity contribution in [2.75, 3.05) is 6.61 Å². The minimum absolute atomic E-state index is 0.215. The first-order chi connectivity index (χ1) is 6.74. The molecular formula is C11H10O3. The van der Waals surface area contributed by atoms with Crippen molar-refractivity contribution < 1.29 is 14.6 Å². The molecule has 0 radical (unpaired) electrons. The number of carboxylic acids is 1. The summed E-state index contributed by atoms with van der Waals surface area (Å²) in [6.45, 7) is 2.00. The zero-order valence-corrected chi connectivity index (χ0v) is 7.78. The highest BCUT2D eigenvalue weighted by molar-refractivity contribution is 5.87. The summed E-state index contributed by atoms with van der Waals surface area (Å²) in [5, 5.41) is 8.70. The molecule has 0 unspecified atom stereocenters. The molecule has 3 heteroatoms. The van der Waals surface area contributed by atoms with Crippen LogP contribution in [0.1, 0.15) is 17.3 Å². The van der Waals surface area contributed by atoms with E-state index in [1.54, 1.807) is 19.1 Å². The lowest BCUT2D eigenvalue weighted by molar-refractivity contribution is 0.0696. The maximum absolute atomic E-state index is 10.6. The topological polar surface area (TPSA) is 46.5 Å². The summed E-state index contributed by atoms with van der Waals surface area (Å²) in [5.74, 6) is 4.97. The first-order valence-electron chi connectivity index (χ1n) is 4.10. The zero-order chi connectivity index (χ0) is 10.4. The van der Waals surface area contributed by atoms with Crippen molar-refractivity contribution in [2.45, 2.75) is 6.92 Å². The van der Waals surface area contributed by atoms with Gasteiger partial charge < -0.3 is 9.84 Å². The summed E-state index contributed by atoms with van der Waals surface area (Å²) in [6, 6.07) is 6.32. The number of aromatic carboxylic acids is 1. The van der Waals surface area contributed by atoms with E-state index in [0.29, 0.717) is 5.75 Å². The van der Waals surface area contributed by atoms with Crippen LogP contribution in [0, 0.1) is 11.8 Å². The fourth-order valence-electron chi connectivity index (χ4n) is 0.910. The quantitative estimate of drug-likeness (QED) is 0.739. The van der Waals surface area contributed by atoms with E-state index in [-0.39, 0.29) is 12.2 Å². The Labute approximate surface area is 82.3 Å². The molecule has 0 aliphatic heterocycles. The smallest absolute Gasteiger partial charge is 0.335 e. The molecule has 3 nitrogen and oxygen atoms in total. The monoisotopic (exact) mass is 190 g/mol. The summed E-state index contributed by atoms with van der Waals surface area (Å²) < 4.78 is 5.20. The average molecular weight is 190 g/mol. The highest BCUT2D eigenvalue weighted by atomic mass is 16.5. The number of carbonyl (C=O) groups is 1. The third-order valence-electron chi connectivity index (χ3n) is 1.57. The number of ether oxygens (including phenoxy) is 1. The molecule has 0 bridgehead atoms. The predicted molar refractivity (Wildman–Crippen MR) is 52.3 cm³/mol. The van der Waals surface area contributed by atoms with Gasteiger partial charge in [-0.2, -0.15) is 0 Å². The molecule has 0 aliphatic carbocycles. The minimum Gasteiger partial charge on any atom is -0.481 e. The summed E-state index contributed by atoms with van der Waals surface area (Å²) in [4.78, 5) is 10.6. The van der Waals surface area contributed by atoms with Gasteiger partial charge in [0, 0.05) is 0 Å². The van der Waals surface area contributed by atoms with E-state index >= 15 is 0 Å². The van der Waals surface area contributed by atoms with Gasteiger partial charge in [0.25, 0.3) is 0 Å². The molecule has 0 aromatic heterocycles. The number of hydrogen-bond acceptors (Lipinski definition) is 2. The molecule has 0 saturated heterocycles. The Balaban J connectivity index is 2.71. The summed E-state index contributed by atoms with van der Waals surface area (Å²) in [5.41, 5.74) is 0.215. The number of carboxylic acid groups (broad SMARTS) is 1. The zero-order valence-electron chi connectivity index (χ0n) is 7.78. The van der Waals surface area contributed by atoms with Crippen molar-refractivity contribution in [3.05, 3.63) is 29.8 Å². The molecule has 1 rings (SSSR count). The van der Waals surface area contributed by atoms with E-state index in [9.17, 15) is 4.79 Å². The van der Waals surface area contributed by atoms with Crippen molar-refractivity contribution in [3.63, 3.8) is 0 Å². The van der Waals surface area contributed by atoms with E-state index in [1.807, 2.05) is 0 Å². The van der Waals surface area contributed by atoms with Crippen molar-refractivity contribution in [1.29, 1.82) is 0 Å². The van der Waals surface area contributed by atoms with Crippen LogP contribution in [0.3, 0.4) is 0 Å². The Morgan fingerprint density at radius 2 is 2.36 bits per heavy atom. The lowest BCUT2D eigenvalue weighted by atomic mass is 10.2. The van der Waals surface area contributed by atoms with Crippen LogP contribution in [0.4, 0.5) is 0 Å². The average Bonchev–Trinajstić information content (AvgIpc) is 2.19. The van der Waals surface area contributed by atoms with Gasteiger partial charge in [-0.1, -0.05) is 12.0 Å². The number of benzene rings is 1. The molecule has 0 heterocycles. The van der Waals surface area contributed by atoms with E-state index in [1.165, 1.54) is 12.1 Å². The first kappa shape index (κ1) is 10.1. The lowest BCUT2D eigenvalue weighted by Crippen LogP contribution is -1.98. The lowest BCUT2D eigenvalue weighted by Gasteiger charge is -2.02. The molecule has 0 fully saturated rings. The Morgan fingerprint density at radius 3 is 3.00 bits per heavy atom. The molecule has 0 atom stereocenters. The standard InChI is InChI=1S/C11H10O3/c1-2-3-7-14-10-6-4-5-9(8-10)11(12)13/h4-6,8H,7H2,1H3,(H,12,13). The van der Waals surface area contributed by atoms with Crippen molar-refractivity contribution in [1.82, 2.24) is 0 Å². The van der Waals surface area contributed by atoms with Crippen LogP contribution in [-0.2, 0) is 0 Å². The highest BCUT2D eigenvalue weighted by Crippen LogP contribution is 2.12. The van der Waals surface area contributed by atoms with Crippen LogP contribution < -0.4 is 4.74 Å². The Hall–Kier alpha value is -1.95. The number of hydrogen-bond donors (Lipinski definition) is 1. The predicted octanol–water partition coefficient (Wildman–Crippen LogP) is 1.79. The highest BCUT2D eigenvalue weighted by Gasteiger charge is 2.02. The molecule has 1 N–H and O–H groups in total. The molecule has 0 aliphatic rings. The molecule has 1 aromatic carbocycles. The van der Waals surface area contributed by atoms with Gasteiger partial charge in [-0.25, -0.2) is 4.79 Å². The maximum Gasteiger partial charge on any atom is 0.335 e. The van der Waals surface area contributed by atoms with Crippen LogP contribution in [-0.4, -0.2) is 17.7 Å². The van der Waals surface area contributed by atoms with Gasteiger partial charge in [-0.3, -0.25) is 0 Å². The third kappa shape index (κ3) is 2.83. The minimum atomic E-state index is -0.961. The largest absolute Gasteiger partial charge is 0.481 e. The molecule has 0 spiro atoms. The second-order valence-corrected chi connectivity index (χ2v) is 2.55. The van der Waals surface area contributed by atoms with Gasteiger partial charge in [0.2, 0.25) is 0 Å². The van der Waals surface area contributed by atoms with E-state index < -0.39 is 5.97 Å². The molecule has 14 heavy (non-hydrogen) atoms. The summed E-state index contributed by atoms with van der Waals surface area (Å²) in [7, 11) is 0. The van der Waals surface area contributed by atoms with Crippen molar-refractivity contribution >= 4 is 5.97 Å². The molecule has 0 saturated carbocycles. The molecule has 72 valence electrons. The van der Waals surface area contributed by atoms with Gasteiger partial charge in [-0.05, 0) is 25.1 Å². The van der Waals surface area contributed by atoms with E-state index in [2.05, 4.69) is 11.8 Å². The fraction of sp³-hybridized carbons (Fsp3) is 0.182. The second-order valence-electron chi connectivity index (χ2n) is 2.55. The van der Waals surface area contributed by atoms with Gasteiger partial charge in [0.1, 0.15) is 12.4 Å².